The number of carbonyl (C=O) groups excluding carboxylic acids is 1. The maximum absolute atomic E-state index is 13.2. The number of hydrogen-bond acceptors (Lipinski definition) is 3. The second-order valence-electron chi connectivity index (χ2n) is 7.32. The third kappa shape index (κ3) is 4.44. The van der Waals surface area contributed by atoms with Gasteiger partial charge in [-0.25, -0.2) is 4.79 Å². The zero-order valence-electron chi connectivity index (χ0n) is 16.8. The monoisotopic (exact) mass is 433 g/mol. The Morgan fingerprint density at radius 3 is 2.29 bits per heavy atom. The molecule has 0 aliphatic heterocycles. The van der Waals surface area contributed by atoms with Gasteiger partial charge in [0.05, 0.1) is 17.4 Å². The molecule has 4 rings (SSSR count). The fourth-order valence-corrected chi connectivity index (χ4v) is 3.54. The van der Waals surface area contributed by atoms with Crippen molar-refractivity contribution in [1.82, 2.24) is 9.13 Å². The number of anilines is 1. The Kier molecular flexibility index (Phi) is 5.73. The summed E-state index contributed by atoms with van der Waals surface area (Å²) in [5, 5.41) is 3.70. The highest BCUT2D eigenvalue weighted by Gasteiger charge is 2.15. The van der Waals surface area contributed by atoms with Crippen LogP contribution in [0.2, 0.25) is 5.02 Å². The molecule has 0 fully saturated rings. The Morgan fingerprint density at radius 1 is 0.903 bits per heavy atom. The number of para-hydroxylation sites is 1. The summed E-state index contributed by atoms with van der Waals surface area (Å²) in [6.45, 7) is 1.87. The molecule has 6 nitrogen and oxygen atoms in total. The Balaban J connectivity index is 1.74. The summed E-state index contributed by atoms with van der Waals surface area (Å²) in [6, 6.07) is 21.1. The second-order valence-corrected chi connectivity index (χ2v) is 7.75. The molecule has 0 saturated heterocycles. The standard InChI is InChI=1S/C24H20ClN3O3/c1-16-6-8-17(9-7-16)14-28-23(30)20-4-2-3-5-21(20)27(24(28)31)15-22(29)26-19-12-10-18(25)11-13-19/h2-13H,14-15H2,1H3,(H,26,29). The smallest absolute Gasteiger partial charge is 0.325 e. The van der Waals surface area contributed by atoms with E-state index >= 15 is 0 Å². The minimum atomic E-state index is -0.532. The van der Waals surface area contributed by atoms with E-state index in [0.29, 0.717) is 21.6 Å². The Bertz CT molecular complexity index is 1370. The van der Waals surface area contributed by atoms with E-state index in [4.69, 9.17) is 11.6 Å². The number of fused-ring (bicyclic) bond motifs is 1. The lowest BCUT2D eigenvalue weighted by Gasteiger charge is -2.14. The summed E-state index contributed by atoms with van der Waals surface area (Å²) in [4.78, 5) is 38.9. The van der Waals surface area contributed by atoms with Crippen LogP contribution in [0.25, 0.3) is 10.9 Å². The van der Waals surface area contributed by atoms with E-state index in [0.717, 1.165) is 11.1 Å². The Morgan fingerprint density at radius 2 is 1.58 bits per heavy atom. The maximum Gasteiger partial charge on any atom is 0.332 e. The number of aryl methyl sites for hydroxylation is 1. The van der Waals surface area contributed by atoms with E-state index in [1.54, 1.807) is 48.5 Å². The van der Waals surface area contributed by atoms with E-state index in [2.05, 4.69) is 5.32 Å². The molecule has 31 heavy (non-hydrogen) atoms. The maximum atomic E-state index is 13.2. The van der Waals surface area contributed by atoms with Crippen molar-refractivity contribution >= 4 is 34.1 Å². The van der Waals surface area contributed by atoms with Gasteiger partial charge in [-0.05, 0) is 48.9 Å². The molecule has 1 aromatic heterocycles. The average Bonchev–Trinajstić information content (AvgIpc) is 2.77. The van der Waals surface area contributed by atoms with Crippen molar-refractivity contribution in [3.63, 3.8) is 0 Å². The molecule has 0 aliphatic rings. The number of aromatic nitrogens is 2. The highest BCUT2D eigenvalue weighted by atomic mass is 35.5. The van der Waals surface area contributed by atoms with Crippen molar-refractivity contribution in [2.75, 3.05) is 5.32 Å². The third-order valence-electron chi connectivity index (χ3n) is 5.02. The summed E-state index contributed by atoms with van der Waals surface area (Å²) < 4.78 is 2.50. The number of carbonyl (C=O) groups is 1. The minimum absolute atomic E-state index is 0.127. The third-order valence-corrected chi connectivity index (χ3v) is 5.28. The molecule has 1 amide bonds. The molecule has 1 heterocycles. The molecule has 156 valence electrons. The minimum Gasteiger partial charge on any atom is -0.325 e. The molecule has 1 N–H and O–H groups in total. The van der Waals surface area contributed by atoms with Crippen molar-refractivity contribution in [2.45, 2.75) is 20.0 Å². The lowest BCUT2D eigenvalue weighted by Crippen LogP contribution is -2.42. The van der Waals surface area contributed by atoms with Crippen LogP contribution in [-0.4, -0.2) is 15.0 Å². The molecule has 0 saturated carbocycles. The van der Waals surface area contributed by atoms with Crippen LogP contribution in [0.15, 0.2) is 82.4 Å². The predicted molar refractivity (Wildman–Crippen MR) is 123 cm³/mol. The molecule has 3 aromatic carbocycles. The zero-order chi connectivity index (χ0) is 22.0. The van der Waals surface area contributed by atoms with Gasteiger partial charge in [-0.3, -0.25) is 18.7 Å². The Hall–Kier alpha value is -3.64. The first-order chi connectivity index (χ1) is 14.9. The van der Waals surface area contributed by atoms with E-state index in [-0.39, 0.29) is 24.6 Å². The average molecular weight is 434 g/mol. The van der Waals surface area contributed by atoms with Crippen LogP contribution in [-0.2, 0) is 17.9 Å². The molecular weight excluding hydrogens is 414 g/mol. The van der Waals surface area contributed by atoms with Gasteiger partial charge in [0.1, 0.15) is 6.54 Å². The zero-order valence-corrected chi connectivity index (χ0v) is 17.6. The number of hydrogen-bond donors (Lipinski definition) is 1. The largest absolute Gasteiger partial charge is 0.332 e. The van der Waals surface area contributed by atoms with E-state index < -0.39 is 5.69 Å². The van der Waals surface area contributed by atoms with Gasteiger partial charge in [0.25, 0.3) is 5.56 Å². The van der Waals surface area contributed by atoms with Gasteiger partial charge in [-0.1, -0.05) is 53.6 Å². The number of halogens is 1. The molecule has 0 atom stereocenters. The topological polar surface area (TPSA) is 73.1 Å². The highest BCUT2D eigenvalue weighted by molar-refractivity contribution is 6.30. The molecular formula is C24H20ClN3O3. The lowest BCUT2D eigenvalue weighted by atomic mass is 10.1. The number of nitrogens with zero attached hydrogens (tertiary/aromatic N) is 2. The summed E-state index contributed by atoms with van der Waals surface area (Å²) >= 11 is 5.88. The normalized spacial score (nSPS) is 10.9. The van der Waals surface area contributed by atoms with Crippen LogP contribution in [0.5, 0.6) is 0 Å². The number of nitrogens with one attached hydrogen (secondary N) is 1. The van der Waals surface area contributed by atoms with Crippen molar-refractivity contribution < 1.29 is 4.79 Å². The summed E-state index contributed by atoms with van der Waals surface area (Å²) in [5.41, 5.74) is 2.00. The summed E-state index contributed by atoms with van der Waals surface area (Å²) in [7, 11) is 0. The predicted octanol–water partition coefficient (Wildman–Crippen LogP) is 3.81. The van der Waals surface area contributed by atoms with Gasteiger partial charge in [-0.15, -0.1) is 0 Å². The first-order valence-corrected chi connectivity index (χ1v) is 10.1. The van der Waals surface area contributed by atoms with Crippen molar-refractivity contribution in [3.8, 4) is 0 Å². The van der Waals surface area contributed by atoms with E-state index in [1.165, 1.54) is 9.13 Å². The van der Waals surface area contributed by atoms with Gasteiger partial charge in [0.2, 0.25) is 5.91 Å². The fraction of sp³-hybridized carbons (Fsp3) is 0.125. The van der Waals surface area contributed by atoms with Gasteiger partial charge in [0.15, 0.2) is 0 Å². The molecule has 7 heteroatoms. The molecule has 0 aliphatic carbocycles. The molecule has 0 spiro atoms. The Labute approximate surface area is 183 Å². The van der Waals surface area contributed by atoms with E-state index in [1.807, 2.05) is 31.2 Å². The van der Waals surface area contributed by atoms with Crippen molar-refractivity contribution in [2.24, 2.45) is 0 Å². The SMILES string of the molecule is Cc1ccc(Cn2c(=O)c3ccccc3n(CC(=O)Nc3ccc(Cl)cc3)c2=O)cc1. The van der Waals surface area contributed by atoms with Crippen LogP contribution in [0, 0.1) is 6.92 Å². The highest BCUT2D eigenvalue weighted by Crippen LogP contribution is 2.14. The van der Waals surface area contributed by atoms with Gasteiger partial charge in [-0.2, -0.15) is 0 Å². The van der Waals surface area contributed by atoms with Crippen LogP contribution in [0.3, 0.4) is 0 Å². The van der Waals surface area contributed by atoms with Gasteiger partial charge < -0.3 is 5.32 Å². The van der Waals surface area contributed by atoms with Crippen LogP contribution >= 0.6 is 11.6 Å². The quantitative estimate of drug-likeness (QED) is 0.520. The van der Waals surface area contributed by atoms with E-state index in [9.17, 15) is 14.4 Å². The van der Waals surface area contributed by atoms with Gasteiger partial charge >= 0.3 is 5.69 Å². The van der Waals surface area contributed by atoms with Gasteiger partial charge in [0, 0.05) is 10.7 Å². The molecule has 0 bridgehead atoms. The van der Waals surface area contributed by atoms with Crippen molar-refractivity contribution in [3.05, 3.63) is 110 Å². The fourth-order valence-electron chi connectivity index (χ4n) is 3.42. The number of rotatable bonds is 5. The number of benzene rings is 3. The number of amides is 1. The lowest BCUT2D eigenvalue weighted by molar-refractivity contribution is -0.116. The summed E-state index contributed by atoms with van der Waals surface area (Å²) in [6.07, 6.45) is 0. The van der Waals surface area contributed by atoms with Crippen LogP contribution in [0.1, 0.15) is 11.1 Å². The van der Waals surface area contributed by atoms with Crippen LogP contribution in [0.4, 0.5) is 5.69 Å². The first kappa shape index (κ1) is 20.6. The first-order valence-electron chi connectivity index (χ1n) is 9.76. The van der Waals surface area contributed by atoms with Crippen molar-refractivity contribution in [1.29, 1.82) is 0 Å². The molecule has 0 unspecified atom stereocenters. The second kappa shape index (κ2) is 8.62. The molecule has 4 aromatic rings. The molecule has 0 radical (unpaired) electrons. The van der Waals surface area contributed by atoms with Crippen LogP contribution < -0.4 is 16.6 Å². The summed E-state index contributed by atoms with van der Waals surface area (Å²) in [5.74, 6) is -0.380.